The fourth-order valence-corrected chi connectivity index (χ4v) is 1.79. The van der Waals surface area contributed by atoms with Gasteiger partial charge in [-0.05, 0) is 26.3 Å². The van der Waals surface area contributed by atoms with Crippen molar-refractivity contribution in [3.8, 4) is 0 Å². The van der Waals surface area contributed by atoms with Gasteiger partial charge in [0, 0.05) is 11.9 Å². The molecular weight excluding hydrogens is 130 g/mol. The molecule has 0 aromatic heterocycles. The van der Waals surface area contributed by atoms with Crippen molar-refractivity contribution in [2.75, 3.05) is 12.4 Å². The summed E-state index contributed by atoms with van der Waals surface area (Å²) in [6.45, 7) is 3.54. The highest BCUT2D eigenvalue weighted by atomic mass is 32.1. The van der Waals surface area contributed by atoms with E-state index in [0.29, 0.717) is 0 Å². The van der Waals surface area contributed by atoms with Gasteiger partial charge in [0.15, 0.2) is 0 Å². The maximum absolute atomic E-state index is 4.25. The molecule has 1 fully saturated rings. The molecular formula is C7H15NS. The lowest BCUT2D eigenvalue weighted by Gasteiger charge is -2.31. The van der Waals surface area contributed by atoms with Crippen LogP contribution in [0.4, 0.5) is 0 Å². The third-order valence-corrected chi connectivity index (χ3v) is 2.49. The zero-order chi connectivity index (χ0) is 6.69. The van der Waals surface area contributed by atoms with E-state index in [1.54, 1.807) is 0 Å². The van der Waals surface area contributed by atoms with E-state index < -0.39 is 0 Å². The van der Waals surface area contributed by atoms with E-state index in [2.05, 4.69) is 24.5 Å². The van der Waals surface area contributed by atoms with Gasteiger partial charge in [0.2, 0.25) is 0 Å². The number of thiol groups is 1. The summed E-state index contributed by atoms with van der Waals surface area (Å²) in [7, 11) is 0. The van der Waals surface area contributed by atoms with Gasteiger partial charge in [0.25, 0.3) is 0 Å². The molecule has 1 aliphatic heterocycles. The summed E-state index contributed by atoms with van der Waals surface area (Å²) >= 11 is 4.25. The lowest BCUT2D eigenvalue weighted by atomic mass is 10.1. The predicted octanol–water partition coefficient (Wildman–Crippen LogP) is 1.75. The third-order valence-electron chi connectivity index (χ3n) is 2.12. The molecule has 1 atom stereocenters. The van der Waals surface area contributed by atoms with Crippen molar-refractivity contribution >= 4 is 12.6 Å². The second-order valence-corrected chi connectivity index (χ2v) is 3.08. The highest BCUT2D eigenvalue weighted by Gasteiger charge is 2.15. The third kappa shape index (κ3) is 1.87. The van der Waals surface area contributed by atoms with E-state index in [1.807, 2.05) is 0 Å². The normalized spacial score (nSPS) is 30.7. The molecule has 0 radical (unpaired) electrons. The molecule has 54 valence electrons. The van der Waals surface area contributed by atoms with E-state index in [9.17, 15) is 0 Å². The Balaban J connectivity index is 2.30. The molecule has 0 spiro atoms. The SMILES string of the molecule is CC1CCCCN1CS. The molecule has 1 rings (SSSR count). The molecule has 0 aromatic carbocycles. The Bertz CT molecular complexity index is 85.0. The highest BCUT2D eigenvalue weighted by molar-refractivity contribution is 7.80. The van der Waals surface area contributed by atoms with E-state index in [1.165, 1.54) is 25.8 Å². The van der Waals surface area contributed by atoms with E-state index in [0.717, 1.165) is 11.9 Å². The second kappa shape index (κ2) is 3.47. The summed E-state index contributed by atoms with van der Waals surface area (Å²) in [6.07, 6.45) is 4.14. The molecule has 1 saturated heterocycles. The molecule has 0 aliphatic carbocycles. The lowest BCUT2D eigenvalue weighted by molar-refractivity contribution is 0.192. The van der Waals surface area contributed by atoms with Crippen LogP contribution in [0.2, 0.25) is 0 Å². The Labute approximate surface area is 62.8 Å². The largest absolute Gasteiger partial charge is 0.292 e. The Morgan fingerprint density at radius 2 is 2.33 bits per heavy atom. The quantitative estimate of drug-likeness (QED) is 0.550. The fourth-order valence-electron chi connectivity index (χ4n) is 1.37. The molecule has 1 aliphatic rings. The molecule has 1 heterocycles. The van der Waals surface area contributed by atoms with Crippen LogP contribution in [0.15, 0.2) is 0 Å². The van der Waals surface area contributed by atoms with E-state index in [-0.39, 0.29) is 0 Å². The van der Waals surface area contributed by atoms with Gasteiger partial charge in [-0.15, -0.1) is 0 Å². The van der Waals surface area contributed by atoms with Crippen molar-refractivity contribution < 1.29 is 0 Å². The van der Waals surface area contributed by atoms with Gasteiger partial charge in [-0.1, -0.05) is 6.42 Å². The Kier molecular flexibility index (Phi) is 2.86. The monoisotopic (exact) mass is 145 g/mol. The van der Waals surface area contributed by atoms with Gasteiger partial charge in [0.1, 0.15) is 0 Å². The van der Waals surface area contributed by atoms with Gasteiger partial charge in [-0.2, -0.15) is 12.6 Å². The number of likely N-dealkylation sites (tertiary alicyclic amines) is 1. The van der Waals surface area contributed by atoms with Gasteiger partial charge in [-0.25, -0.2) is 0 Å². The van der Waals surface area contributed by atoms with Crippen molar-refractivity contribution in [2.45, 2.75) is 32.2 Å². The molecule has 2 heteroatoms. The maximum atomic E-state index is 4.25. The number of rotatable bonds is 1. The maximum Gasteiger partial charge on any atom is 0.0417 e. The second-order valence-electron chi connectivity index (χ2n) is 2.80. The van der Waals surface area contributed by atoms with Crippen LogP contribution in [-0.2, 0) is 0 Å². The first kappa shape index (κ1) is 7.42. The van der Waals surface area contributed by atoms with Gasteiger partial charge in [-0.3, -0.25) is 4.90 Å². The van der Waals surface area contributed by atoms with Crippen molar-refractivity contribution in [3.05, 3.63) is 0 Å². The van der Waals surface area contributed by atoms with Crippen molar-refractivity contribution in [1.82, 2.24) is 4.90 Å². The first-order valence-electron chi connectivity index (χ1n) is 3.69. The van der Waals surface area contributed by atoms with Gasteiger partial charge < -0.3 is 0 Å². The molecule has 0 saturated carbocycles. The van der Waals surface area contributed by atoms with Crippen LogP contribution in [0.5, 0.6) is 0 Å². The van der Waals surface area contributed by atoms with Crippen molar-refractivity contribution in [2.24, 2.45) is 0 Å². The van der Waals surface area contributed by atoms with Crippen LogP contribution in [0.3, 0.4) is 0 Å². The molecule has 0 bridgehead atoms. The van der Waals surface area contributed by atoms with Crippen LogP contribution in [0.25, 0.3) is 0 Å². The number of hydrogen-bond acceptors (Lipinski definition) is 2. The number of nitrogens with zero attached hydrogens (tertiary/aromatic N) is 1. The highest BCUT2D eigenvalue weighted by Crippen LogP contribution is 2.15. The fraction of sp³-hybridized carbons (Fsp3) is 1.00. The number of hydrogen-bond donors (Lipinski definition) is 1. The first-order chi connectivity index (χ1) is 4.34. The van der Waals surface area contributed by atoms with Crippen molar-refractivity contribution in [3.63, 3.8) is 0 Å². The minimum Gasteiger partial charge on any atom is -0.292 e. The Morgan fingerprint density at radius 1 is 1.56 bits per heavy atom. The molecule has 1 nitrogen and oxygen atoms in total. The van der Waals surface area contributed by atoms with Crippen LogP contribution in [-0.4, -0.2) is 23.4 Å². The molecule has 0 amide bonds. The van der Waals surface area contributed by atoms with Crippen LogP contribution in [0.1, 0.15) is 26.2 Å². The average molecular weight is 145 g/mol. The molecule has 0 aromatic rings. The van der Waals surface area contributed by atoms with Crippen LogP contribution in [0, 0.1) is 0 Å². The summed E-state index contributed by atoms with van der Waals surface area (Å²) in [4.78, 5) is 2.42. The average Bonchev–Trinajstić information content (AvgIpc) is 1.89. The lowest BCUT2D eigenvalue weighted by Crippen LogP contribution is -2.36. The van der Waals surface area contributed by atoms with E-state index in [4.69, 9.17) is 0 Å². The Hall–Kier alpha value is 0.310. The standard InChI is InChI=1S/C7H15NS/c1-7-4-2-3-5-8(7)6-9/h7,9H,2-6H2,1H3. The topological polar surface area (TPSA) is 3.24 Å². The summed E-state index contributed by atoms with van der Waals surface area (Å²) < 4.78 is 0. The summed E-state index contributed by atoms with van der Waals surface area (Å²) in [5.41, 5.74) is 0. The minimum absolute atomic E-state index is 0.774. The van der Waals surface area contributed by atoms with E-state index >= 15 is 0 Å². The van der Waals surface area contributed by atoms with Crippen molar-refractivity contribution in [1.29, 1.82) is 0 Å². The predicted molar refractivity (Wildman–Crippen MR) is 43.9 cm³/mol. The summed E-state index contributed by atoms with van der Waals surface area (Å²) in [6, 6.07) is 0.774. The molecule has 1 unspecified atom stereocenters. The van der Waals surface area contributed by atoms with Gasteiger partial charge >= 0.3 is 0 Å². The number of piperidine rings is 1. The Morgan fingerprint density at radius 3 is 2.78 bits per heavy atom. The summed E-state index contributed by atoms with van der Waals surface area (Å²) in [5.74, 6) is 0.932. The van der Waals surface area contributed by atoms with Crippen LogP contribution < -0.4 is 0 Å². The molecule has 0 N–H and O–H groups in total. The zero-order valence-corrected chi connectivity index (χ0v) is 6.90. The van der Waals surface area contributed by atoms with Crippen LogP contribution >= 0.6 is 12.6 Å². The summed E-state index contributed by atoms with van der Waals surface area (Å²) in [5, 5.41) is 0. The zero-order valence-electron chi connectivity index (χ0n) is 6.01. The first-order valence-corrected chi connectivity index (χ1v) is 4.32. The molecule has 9 heavy (non-hydrogen) atoms. The minimum atomic E-state index is 0.774. The van der Waals surface area contributed by atoms with Gasteiger partial charge in [0.05, 0.1) is 0 Å². The smallest absolute Gasteiger partial charge is 0.0417 e.